The smallest absolute Gasteiger partial charge is 0.164 e. The second kappa shape index (κ2) is 23.9. The average molecular weight is 585 g/mol. The van der Waals surface area contributed by atoms with Crippen LogP contribution in [-0.2, 0) is 25.6 Å². The minimum atomic E-state index is -0.569. The first-order valence-corrected chi connectivity index (χ1v) is 17.7. The number of hydrogen-bond acceptors (Lipinski definition) is 4. The third kappa shape index (κ3) is 18.9. The molecule has 0 saturated carbocycles. The number of unbranched alkanes of at least 4 members (excludes halogenated alkanes) is 17. The lowest BCUT2D eigenvalue weighted by atomic mass is 10.0. The minimum Gasteiger partial charge on any atom is -0.377 e. The van der Waals surface area contributed by atoms with Crippen molar-refractivity contribution >= 4 is 5.78 Å². The maximum atomic E-state index is 12.5. The van der Waals surface area contributed by atoms with Crippen molar-refractivity contribution in [2.24, 2.45) is 0 Å². The number of hydrogen-bond donors (Lipinski definition) is 0. The van der Waals surface area contributed by atoms with Crippen LogP contribution < -0.4 is 0 Å². The second-order valence-electron chi connectivity index (χ2n) is 12.9. The van der Waals surface area contributed by atoms with Crippen LogP contribution in [0.25, 0.3) is 0 Å². The van der Waals surface area contributed by atoms with Gasteiger partial charge in [0.2, 0.25) is 0 Å². The standard InChI is InChI=1S/C38H64O4/c1-4-5-6-7-8-15-18-24-29-36-37(42-38(2,3)41-36)31-30-35(39)28-23-17-14-12-10-9-11-13-16-19-25-32-40-33-34-26-21-20-22-27-34/h20-22,26-27,30-31,36-37H,4-19,23-25,28-29,32-33H2,1-3H3/b31-30+/t36-,37-/m0/s1. The molecule has 1 aromatic rings. The molecule has 240 valence electrons. The molecular formula is C38H64O4. The molecule has 1 aliphatic rings. The van der Waals surface area contributed by atoms with Crippen molar-refractivity contribution in [3.63, 3.8) is 0 Å². The van der Waals surface area contributed by atoms with Gasteiger partial charge in [0.05, 0.1) is 12.7 Å². The van der Waals surface area contributed by atoms with E-state index in [0.29, 0.717) is 6.42 Å². The maximum absolute atomic E-state index is 12.5. The normalized spacial score (nSPS) is 18.3. The molecule has 0 unspecified atom stereocenters. The molecule has 0 aromatic heterocycles. The van der Waals surface area contributed by atoms with Crippen LogP contribution in [0.5, 0.6) is 0 Å². The molecule has 1 heterocycles. The van der Waals surface area contributed by atoms with E-state index in [1.54, 1.807) is 6.08 Å². The van der Waals surface area contributed by atoms with Crippen molar-refractivity contribution in [2.45, 2.75) is 180 Å². The van der Waals surface area contributed by atoms with E-state index in [1.807, 2.05) is 26.0 Å². The van der Waals surface area contributed by atoms with Crippen molar-refractivity contribution in [3.05, 3.63) is 48.0 Å². The maximum Gasteiger partial charge on any atom is 0.164 e. The fraction of sp³-hybridized carbons (Fsp3) is 0.763. The molecule has 0 bridgehead atoms. The molecule has 1 fully saturated rings. The molecule has 2 atom stereocenters. The zero-order valence-corrected chi connectivity index (χ0v) is 27.6. The molecule has 0 spiro atoms. The zero-order valence-electron chi connectivity index (χ0n) is 27.6. The Labute approximate surface area is 259 Å². The van der Waals surface area contributed by atoms with E-state index in [0.717, 1.165) is 32.5 Å². The number of carbonyl (C=O) groups excluding carboxylic acids is 1. The van der Waals surface area contributed by atoms with Crippen LogP contribution in [0, 0.1) is 0 Å². The van der Waals surface area contributed by atoms with Crippen molar-refractivity contribution in [2.75, 3.05) is 6.61 Å². The highest BCUT2D eigenvalue weighted by molar-refractivity contribution is 5.89. The van der Waals surface area contributed by atoms with Crippen LogP contribution in [0.4, 0.5) is 0 Å². The van der Waals surface area contributed by atoms with Crippen LogP contribution in [0.1, 0.15) is 161 Å². The van der Waals surface area contributed by atoms with Gasteiger partial charge in [0.1, 0.15) is 6.10 Å². The van der Waals surface area contributed by atoms with Crippen LogP contribution in [-0.4, -0.2) is 30.4 Å². The molecule has 0 amide bonds. The monoisotopic (exact) mass is 584 g/mol. The van der Waals surface area contributed by atoms with Gasteiger partial charge in [-0.1, -0.05) is 146 Å². The lowest BCUT2D eigenvalue weighted by Crippen LogP contribution is -2.21. The topological polar surface area (TPSA) is 44.8 Å². The summed E-state index contributed by atoms with van der Waals surface area (Å²) in [6, 6.07) is 10.4. The van der Waals surface area contributed by atoms with Gasteiger partial charge < -0.3 is 14.2 Å². The highest BCUT2D eigenvalue weighted by Crippen LogP contribution is 2.32. The van der Waals surface area contributed by atoms with Crippen LogP contribution in [0.2, 0.25) is 0 Å². The Morgan fingerprint density at radius 3 is 1.90 bits per heavy atom. The summed E-state index contributed by atoms with van der Waals surface area (Å²) in [7, 11) is 0. The van der Waals surface area contributed by atoms with Gasteiger partial charge in [0.25, 0.3) is 0 Å². The number of carbonyl (C=O) groups is 1. The van der Waals surface area contributed by atoms with Crippen LogP contribution in [0.15, 0.2) is 42.5 Å². The summed E-state index contributed by atoms with van der Waals surface area (Å²) >= 11 is 0. The van der Waals surface area contributed by atoms with Crippen molar-refractivity contribution < 1.29 is 19.0 Å². The number of benzene rings is 1. The van der Waals surface area contributed by atoms with Gasteiger partial charge in [-0.15, -0.1) is 0 Å². The molecular weight excluding hydrogens is 520 g/mol. The molecule has 4 heteroatoms. The first-order valence-electron chi connectivity index (χ1n) is 17.7. The summed E-state index contributed by atoms with van der Waals surface area (Å²) in [5.41, 5.74) is 1.26. The lowest BCUT2D eigenvalue weighted by molar-refractivity contribution is -0.143. The Morgan fingerprint density at radius 1 is 0.738 bits per heavy atom. The Kier molecular flexibility index (Phi) is 20.9. The molecule has 42 heavy (non-hydrogen) atoms. The summed E-state index contributed by atoms with van der Waals surface area (Å²) in [5.74, 6) is -0.347. The van der Waals surface area contributed by atoms with Gasteiger partial charge >= 0.3 is 0 Å². The fourth-order valence-corrected chi connectivity index (χ4v) is 5.87. The zero-order chi connectivity index (χ0) is 30.1. The van der Waals surface area contributed by atoms with Gasteiger partial charge in [0.15, 0.2) is 11.6 Å². The SMILES string of the molecule is CCCCCCCCCC[C@@H]1OC(C)(C)O[C@H]1/C=C/C(=O)CCCCCCCCCCCCCOCc1ccccc1. The van der Waals surface area contributed by atoms with Gasteiger partial charge in [-0.3, -0.25) is 4.79 Å². The number of ether oxygens (including phenoxy) is 3. The van der Waals surface area contributed by atoms with Crippen molar-refractivity contribution in [1.82, 2.24) is 0 Å². The van der Waals surface area contributed by atoms with E-state index in [1.165, 1.54) is 115 Å². The molecule has 2 rings (SSSR count). The number of rotatable bonds is 27. The van der Waals surface area contributed by atoms with Crippen molar-refractivity contribution in [3.8, 4) is 0 Å². The predicted molar refractivity (Wildman–Crippen MR) is 177 cm³/mol. The van der Waals surface area contributed by atoms with Crippen LogP contribution in [0.3, 0.4) is 0 Å². The molecule has 1 aromatic carbocycles. The number of allylic oxidation sites excluding steroid dienone is 1. The van der Waals surface area contributed by atoms with E-state index >= 15 is 0 Å². The number of ketones is 1. The summed E-state index contributed by atoms with van der Waals surface area (Å²) in [4.78, 5) is 12.5. The molecule has 0 N–H and O–H groups in total. The minimum absolute atomic E-state index is 0.0584. The predicted octanol–water partition coefficient (Wildman–Crippen LogP) is 11.1. The molecule has 0 aliphatic carbocycles. The van der Waals surface area contributed by atoms with Gasteiger partial charge in [0, 0.05) is 13.0 Å². The average Bonchev–Trinajstić information content (AvgIpc) is 3.28. The van der Waals surface area contributed by atoms with E-state index in [9.17, 15) is 4.79 Å². The lowest BCUT2D eigenvalue weighted by Gasteiger charge is -2.16. The first kappa shape index (κ1) is 36.7. The first-order chi connectivity index (χ1) is 20.5. The summed E-state index contributed by atoms with van der Waals surface area (Å²) in [6.45, 7) is 7.83. The van der Waals surface area contributed by atoms with Crippen LogP contribution >= 0.6 is 0 Å². The Bertz CT molecular complexity index is 803. The largest absolute Gasteiger partial charge is 0.377 e. The summed E-state index contributed by atoms with van der Waals surface area (Å²) < 4.78 is 18.0. The Morgan fingerprint density at radius 2 is 1.29 bits per heavy atom. The van der Waals surface area contributed by atoms with E-state index < -0.39 is 5.79 Å². The molecule has 4 nitrogen and oxygen atoms in total. The highest BCUT2D eigenvalue weighted by Gasteiger charge is 2.39. The van der Waals surface area contributed by atoms with E-state index in [2.05, 4.69) is 31.2 Å². The summed E-state index contributed by atoms with van der Waals surface area (Å²) in [5, 5.41) is 0. The van der Waals surface area contributed by atoms with Gasteiger partial charge in [-0.05, 0) is 50.8 Å². The van der Waals surface area contributed by atoms with Crippen molar-refractivity contribution in [1.29, 1.82) is 0 Å². The highest BCUT2D eigenvalue weighted by atomic mass is 16.7. The molecule has 0 radical (unpaired) electrons. The Hall–Kier alpha value is -1.49. The third-order valence-corrected chi connectivity index (χ3v) is 8.36. The van der Waals surface area contributed by atoms with Gasteiger partial charge in [-0.25, -0.2) is 0 Å². The van der Waals surface area contributed by atoms with E-state index in [-0.39, 0.29) is 18.0 Å². The second-order valence-corrected chi connectivity index (χ2v) is 12.9. The summed E-state index contributed by atoms with van der Waals surface area (Å²) in [6.07, 6.45) is 29.6. The van der Waals surface area contributed by atoms with E-state index in [4.69, 9.17) is 14.2 Å². The fourth-order valence-electron chi connectivity index (χ4n) is 5.87. The third-order valence-electron chi connectivity index (χ3n) is 8.36. The van der Waals surface area contributed by atoms with Gasteiger partial charge in [-0.2, -0.15) is 0 Å². The Balaban J connectivity index is 1.40. The molecule has 1 aliphatic heterocycles. The quantitative estimate of drug-likeness (QED) is 0.0762. The molecule has 1 saturated heterocycles.